The lowest BCUT2D eigenvalue weighted by atomic mass is 10.1. The molecule has 0 heterocycles. The van der Waals surface area contributed by atoms with Crippen LogP contribution in [0.25, 0.3) is 0 Å². The minimum Gasteiger partial charge on any atom is -0.506 e. The van der Waals surface area contributed by atoms with E-state index in [0.717, 1.165) is 6.07 Å². The molecule has 6 heteroatoms. The maximum atomic E-state index is 12.7. The molecule has 3 nitrogen and oxygen atoms in total. The Morgan fingerprint density at radius 3 is 2.57 bits per heavy atom. The van der Waals surface area contributed by atoms with Gasteiger partial charge in [0.2, 0.25) is 0 Å². The van der Waals surface area contributed by atoms with Crippen LogP contribution in [0.4, 0.5) is 4.39 Å². The Morgan fingerprint density at radius 1 is 1.50 bits per heavy atom. The minimum atomic E-state index is -0.752. The summed E-state index contributed by atoms with van der Waals surface area (Å²) in [5, 5.41) is 17.6. The Hall–Kier alpha value is -0.550. The van der Waals surface area contributed by atoms with Crippen LogP contribution in [0.2, 0.25) is 5.02 Å². The van der Waals surface area contributed by atoms with E-state index in [1.54, 1.807) is 0 Å². The number of phenols is 1. The van der Waals surface area contributed by atoms with Gasteiger partial charge < -0.3 is 15.9 Å². The standard InChI is InChI=1S/C8H9ClFNO2.ClH/c9-7-5(10)2-1-4(8(7)13)6(11)3-12;/h1-2,6,12-13H,3,11H2;1H/t6-;/m0./s1. The predicted molar refractivity (Wildman–Crippen MR) is 54.3 cm³/mol. The molecule has 0 aliphatic rings. The van der Waals surface area contributed by atoms with Gasteiger partial charge in [-0.25, -0.2) is 4.39 Å². The van der Waals surface area contributed by atoms with E-state index in [0.29, 0.717) is 0 Å². The van der Waals surface area contributed by atoms with Gasteiger partial charge in [-0.2, -0.15) is 0 Å². The van der Waals surface area contributed by atoms with Crippen LogP contribution in [0.15, 0.2) is 12.1 Å². The molecular weight excluding hydrogens is 232 g/mol. The molecule has 0 saturated carbocycles. The van der Waals surface area contributed by atoms with Crippen molar-refractivity contribution in [3.63, 3.8) is 0 Å². The molecule has 0 bridgehead atoms. The fourth-order valence-corrected chi connectivity index (χ4v) is 1.12. The van der Waals surface area contributed by atoms with Crippen molar-refractivity contribution < 1.29 is 14.6 Å². The van der Waals surface area contributed by atoms with Gasteiger partial charge in [-0.3, -0.25) is 0 Å². The van der Waals surface area contributed by atoms with Gasteiger partial charge in [0.05, 0.1) is 12.6 Å². The minimum absolute atomic E-state index is 0. The molecular formula is C8H10Cl2FNO2. The third kappa shape index (κ3) is 2.48. The van der Waals surface area contributed by atoms with E-state index >= 15 is 0 Å². The lowest BCUT2D eigenvalue weighted by Crippen LogP contribution is -2.14. The second-order valence-corrected chi connectivity index (χ2v) is 2.97. The highest BCUT2D eigenvalue weighted by Gasteiger charge is 2.15. The first-order chi connectivity index (χ1) is 6.07. The van der Waals surface area contributed by atoms with E-state index in [4.69, 9.17) is 22.4 Å². The summed E-state index contributed by atoms with van der Waals surface area (Å²) >= 11 is 5.42. The van der Waals surface area contributed by atoms with E-state index in [1.165, 1.54) is 6.07 Å². The van der Waals surface area contributed by atoms with Gasteiger partial charge in [-0.05, 0) is 6.07 Å². The van der Waals surface area contributed by atoms with Gasteiger partial charge in [-0.15, -0.1) is 12.4 Å². The third-order valence-corrected chi connectivity index (χ3v) is 2.06. The van der Waals surface area contributed by atoms with Crippen LogP contribution in [0.1, 0.15) is 11.6 Å². The average molecular weight is 242 g/mol. The number of aliphatic hydroxyl groups excluding tert-OH is 1. The van der Waals surface area contributed by atoms with Crippen molar-refractivity contribution in [2.75, 3.05) is 6.61 Å². The summed E-state index contributed by atoms with van der Waals surface area (Å²) in [6.45, 7) is -0.338. The molecule has 0 spiro atoms. The highest BCUT2D eigenvalue weighted by molar-refractivity contribution is 6.32. The summed E-state index contributed by atoms with van der Waals surface area (Å²) in [5.41, 5.74) is 5.65. The van der Waals surface area contributed by atoms with Gasteiger partial charge in [0.15, 0.2) is 0 Å². The number of rotatable bonds is 2. The highest BCUT2D eigenvalue weighted by Crippen LogP contribution is 2.32. The first-order valence-corrected chi connectivity index (χ1v) is 3.99. The number of hydrogen-bond acceptors (Lipinski definition) is 3. The first-order valence-electron chi connectivity index (χ1n) is 3.61. The second kappa shape index (κ2) is 5.36. The number of nitrogens with two attached hydrogens (primary N) is 1. The third-order valence-electron chi connectivity index (χ3n) is 1.70. The van der Waals surface area contributed by atoms with E-state index in [1.807, 2.05) is 0 Å². The largest absolute Gasteiger partial charge is 0.506 e. The van der Waals surface area contributed by atoms with E-state index in [-0.39, 0.29) is 29.6 Å². The van der Waals surface area contributed by atoms with Gasteiger partial charge in [0.1, 0.15) is 16.6 Å². The quantitative estimate of drug-likeness (QED) is 0.737. The molecule has 0 amide bonds. The Labute approximate surface area is 91.7 Å². The average Bonchev–Trinajstić information content (AvgIpc) is 2.13. The SMILES string of the molecule is Cl.N[C@@H](CO)c1ccc(F)c(Cl)c1O. The molecule has 0 aromatic heterocycles. The summed E-state index contributed by atoms with van der Waals surface area (Å²) in [7, 11) is 0. The summed E-state index contributed by atoms with van der Waals surface area (Å²) in [4.78, 5) is 0. The van der Waals surface area contributed by atoms with Crippen molar-refractivity contribution in [2.24, 2.45) is 5.73 Å². The zero-order valence-corrected chi connectivity index (χ0v) is 8.65. The van der Waals surface area contributed by atoms with Crippen LogP contribution in [-0.4, -0.2) is 16.8 Å². The van der Waals surface area contributed by atoms with Crippen molar-refractivity contribution in [1.82, 2.24) is 0 Å². The molecule has 0 aliphatic heterocycles. The molecule has 0 radical (unpaired) electrons. The van der Waals surface area contributed by atoms with Crippen LogP contribution in [0, 0.1) is 5.82 Å². The second-order valence-electron chi connectivity index (χ2n) is 2.59. The van der Waals surface area contributed by atoms with E-state index in [9.17, 15) is 9.50 Å². The Morgan fingerprint density at radius 2 is 2.07 bits per heavy atom. The normalized spacial score (nSPS) is 12.0. The molecule has 1 aromatic carbocycles. The fraction of sp³-hybridized carbons (Fsp3) is 0.250. The fourth-order valence-electron chi connectivity index (χ4n) is 0.952. The number of phenolic OH excluding ortho intramolecular Hbond substituents is 1. The molecule has 14 heavy (non-hydrogen) atoms. The Kier molecular flexibility index (Phi) is 5.15. The van der Waals surface area contributed by atoms with Gasteiger partial charge in [-0.1, -0.05) is 17.7 Å². The van der Waals surface area contributed by atoms with Crippen molar-refractivity contribution in [3.8, 4) is 5.75 Å². The van der Waals surface area contributed by atoms with Crippen LogP contribution < -0.4 is 5.73 Å². The molecule has 1 atom stereocenters. The Bertz CT molecular complexity index is 322. The molecule has 0 saturated heterocycles. The molecule has 0 unspecified atom stereocenters. The molecule has 0 fully saturated rings. The van der Waals surface area contributed by atoms with Gasteiger partial charge >= 0.3 is 0 Å². The molecule has 80 valence electrons. The van der Waals surface area contributed by atoms with Crippen LogP contribution >= 0.6 is 24.0 Å². The monoisotopic (exact) mass is 241 g/mol. The number of aromatic hydroxyl groups is 1. The summed E-state index contributed by atoms with van der Waals surface area (Å²) in [6.07, 6.45) is 0. The van der Waals surface area contributed by atoms with Crippen molar-refractivity contribution >= 4 is 24.0 Å². The van der Waals surface area contributed by atoms with Crippen LogP contribution in [0.3, 0.4) is 0 Å². The molecule has 0 aliphatic carbocycles. The number of halogens is 3. The molecule has 1 aromatic rings. The topological polar surface area (TPSA) is 66.5 Å². The molecule has 4 N–H and O–H groups in total. The van der Waals surface area contributed by atoms with Crippen LogP contribution in [-0.2, 0) is 0 Å². The maximum absolute atomic E-state index is 12.7. The molecule has 1 rings (SSSR count). The number of benzene rings is 1. The van der Waals surface area contributed by atoms with Gasteiger partial charge in [0.25, 0.3) is 0 Å². The summed E-state index contributed by atoms with van der Waals surface area (Å²) in [6, 6.07) is 1.63. The lowest BCUT2D eigenvalue weighted by Gasteiger charge is -2.11. The number of aliphatic hydroxyl groups is 1. The maximum Gasteiger partial charge on any atom is 0.145 e. The van der Waals surface area contributed by atoms with Crippen molar-refractivity contribution in [2.45, 2.75) is 6.04 Å². The van der Waals surface area contributed by atoms with E-state index in [2.05, 4.69) is 0 Å². The van der Waals surface area contributed by atoms with Crippen LogP contribution in [0.5, 0.6) is 5.75 Å². The van der Waals surface area contributed by atoms with Gasteiger partial charge in [0, 0.05) is 5.56 Å². The smallest absolute Gasteiger partial charge is 0.145 e. The predicted octanol–water partition coefficient (Wildman–Crippen LogP) is 1.60. The zero-order valence-electron chi connectivity index (χ0n) is 7.08. The zero-order chi connectivity index (χ0) is 10.0. The summed E-state index contributed by atoms with van der Waals surface area (Å²) < 4.78 is 12.7. The first kappa shape index (κ1) is 13.4. The van der Waals surface area contributed by atoms with E-state index < -0.39 is 17.6 Å². The Balaban J connectivity index is 0.00000169. The van der Waals surface area contributed by atoms with Crippen molar-refractivity contribution in [1.29, 1.82) is 0 Å². The highest BCUT2D eigenvalue weighted by atomic mass is 35.5. The van der Waals surface area contributed by atoms with Crippen molar-refractivity contribution in [3.05, 3.63) is 28.5 Å². The lowest BCUT2D eigenvalue weighted by molar-refractivity contribution is 0.265. The number of hydrogen-bond donors (Lipinski definition) is 3. The summed E-state index contributed by atoms with van der Waals surface area (Å²) in [5.74, 6) is -1.13.